The maximum absolute atomic E-state index is 5.16. The third kappa shape index (κ3) is 5.05. The largest absolute Gasteiger partial charge is 2.00 e. The number of benzene rings is 4. The third-order valence-corrected chi connectivity index (χ3v) is 10.2. The van der Waals surface area contributed by atoms with Crippen molar-refractivity contribution in [3.8, 4) is 22.3 Å². The van der Waals surface area contributed by atoms with Crippen LogP contribution < -0.4 is 9.97 Å². The van der Waals surface area contributed by atoms with Crippen LogP contribution in [0, 0.1) is 0 Å². The first-order chi connectivity index (χ1) is 22.6. The first-order valence-corrected chi connectivity index (χ1v) is 16.5. The summed E-state index contributed by atoms with van der Waals surface area (Å²) < 4.78 is 1.66. The van der Waals surface area contributed by atoms with Gasteiger partial charge < -0.3 is 9.97 Å². The Labute approximate surface area is 300 Å². The van der Waals surface area contributed by atoms with E-state index in [0.29, 0.717) is 0 Å². The van der Waals surface area contributed by atoms with Crippen molar-refractivity contribution in [2.45, 2.75) is 0 Å². The summed E-state index contributed by atoms with van der Waals surface area (Å²) in [4.78, 5) is 20.7. The molecule has 218 valence electrons. The first-order valence-electron chi connectivity index (χ1n) is 15.0. The fourth-order valence-corrected chi connectivity index (χ4v) is 7.34. The van der Waals surface area contributed by atoms with Crippen LogP contribution in [0.1, 0.15) is 22.8 Å². The van der Waals surface area contributed by atoms with Gasteiger partial charge in [0.1, 0.15) is 0 Å². The van der Waals surface area contributed by atoms with E-state index in [1.165, 1.54) is 10.8 Å². The molecule has 47 heavy (non-hydrogen) atoms. The summed E-state index contributed by atoms with van der Waals surface area (Å²) in [5.74, 6) is 0. The number of rotatable bonds is 2. The van der Waals surface area contributed by atoms with Gasteiger partial charge in [-0.05, 0) is 100.0 Å². The zero-order chi connectivity index (χ0) is 30.8. The SMILES string of the molecule is Brc1c2nc(c(-c3cccc4ccccc34)c3ccc([n-]3)c(Br)c3nc(c(-c4cccc5ccccc45)c4ccc1[n-]4)C=C3)C=C2.[Zn+2]. The quantitative estimate of drug-likeness (QED) is 0.164. The maximum Gasteiger partial charge on any atom is 2.00 e. The molecule has 8 bridgehead atoms. The van der Waals surface area contributed by atoms with E-state index in [-0.39, 0.29) is 19.5 Å². The minimum absolute atomic E-state index is 0. The minimum Gasteiger partial charge on any atom is -0.656 e. The normalized spacial score (nSPS) is 12.1. The van der Waals surface area contributed by atoms with Crippen LogP contribution in [-0.4, -0.2) is 9.97 Å². The van der Waals surface area contributed by atoms with Crippen LogP contribution in [0.4, 0.5) is 0 Å². The Morgan fingerprint density at radius 2 is 0.787 bits per heavy atom. The number of aromatic nitrogens is 4. The average molecular weight is 784 g/mol. The van der Waals surface area contributed by atoms with Gasteiger partial charge in [-0.25, -0.2) is 9.97 Å². The monoisotopic (exact) mass is 780 g/mol. The summed E-state index contributed by atoms with van der Waals surface area (Å²) >= 11 is 7.74. The van der Waals surface area contributed by atoms with Gasteiger partial charge in [-0.2, -0.15) is 0 Å². The van der Waals surface area contributed by atoms with E-state index < -0.39 is 0 Å². The van der Waals surface area contributed by atoms with E-state index >= 15 is 0 Å². The van der Waals surface area contributed by atoms with E-state index in [0.717, 1.165) is 86.8 Å². The fourth-order valence-electron chi connectivity index (χ4n) is 6.46. The Morgan fingerprint density at radius 3 is 1.26 bits per heavy atom. The summed E-state index contributed by atoms with van der Waals surface area (Å²) in [6.07, 6.45) is 8.23. The van der Waals surface area contributed by atoms with Crippen LogP contribution in [-0.2, 0) is 19.5 Å². The average Bonchev–Trinajstić information content (AvgIpc) is 3.93. The van der Waals surface area contributed by atoms with Gasteiger partial charge in [0.25, 0.3) is 0 Å². The molecular weight excluding hydrogens is 762 g/mol. The molecule has 0 fully saturated rings. The van der Waals surface area contributed by atoms with Crippen molar-refractivity contribution in [2.75, 3.05) is 0 Å². The molecule has 0 spiro atoms. The van der Waals surface area contributed by atoms with Crippen molar-refractivity contribution >= 4 is 99.8 Å². The number of halogens is 2. The predicted molar refractivity (Wildman–Crippen MR) is 198 cm³/mol. The molecule has 0 atom stereocenters. The Kier molecular flexibility index (Phi) is 7.64. The van der Waals surface area contributed by atoms with Crippen molar-refractivity contribution in [1.29, 1.82) is 0 Å². The molecule has 9 rings (SSSR count). The van der Waals surface area contributed by atoms with Crippen molar-refractivity contribution in [3.05, 3.63) is 141 Å². The zero-order valence-electron chi connectivity index (χ0n) is 25.0. The van der Waals surface area contributed by atoms with Gasteiger partial charge in [0, 0.05) is 8.95 Å². The molecule has 5 heterocycles. The van der Waals surface area contributed by atoms with Gasteiger partial charge >= 0.3 is 19.5 Å². The van der Waals surface area contributed by atoms with Gasteiger partial charge in [-0.1, -0.05) is 109 Å². The molecular formula is C40H22Br2N4Zn. The summed E-state index contributed by atoms with van der Waals surface area (Å²) in [6, 6.07) is 37.9. The second-order valence-corrected chi connectivity index (χ2v) is 12.9. The summed E-state index contributed by atoms with van der Waals surface area (Å²) in [5.41, 5.74) is 10.7. The van der Waals surface area contributed by atoms with Crippen LogP contribution >= 0.6 is 31.9 Å². The molecule has 0 unspecified atom stereocenters. The van der Waals surface area contributed by atoms with E-state index in [2.05, 4.69) is 141 Å². The molecule has 0 amide bonds. The standard InChI is InChI=1S/C40H22Br2N4.Zn/c41-39-33-19-15-29(43-33)37(27-13-5-9-23-7-1-3-11-25(23)27)30-16-20-34(44-30)40(42)36-22-18-32(46-36)38(31-17-21-35(39)45-31)28-14-6-10-24-8-2-4-12-26(24)28;/h1-22H;/q-2;+2. The fraction of sp³-hybridized carbons (Fsp3) is 0. The topological polar surface area (TPSA) is 54.0 Å². The molecule has 4 aromatic carbocycles. The van der Waals surface area contributed by atoms with Crippen LogP contribution in [0.15, 0.2) is 118 Å². The van der Waals surface area contributed by atoms with Gasteiger partial charge in [0.05, 0.1) is 22.8 Å². The van der Waals surface area contributed by atoms with Crippen molar-refractivity contribution in [3.63, 3.8) is 0 Å². The second kappa shape index (κ2) is 12.0. The Balaban J connectivity index is 0.00000324. The molecule has 0 saturated carbocycles. The molecule has 7 heteroatoms. The molecule has 2 aliphatic heterocycles. The first kappa shape index (κ1) is 30.0. The summed E-state index contributed by atoms with van der Waals surface area (Å²) in [5, 5.41) is 4.63. The van der Waals surface area contributed by atoms with Crippen molar-refractivity contribution in [1.82, 2.24) is 19.9 Å². The number of hydrogen-bond acceptors (Lipinski definition) is 2. The minimum atomic E-state index is 0. The van der Waals surface area contributed by atoms with E-state index in [1.807, 2.05) is 24.3 Å². The van der Waals surface area contributed by atoms with Crippen LogP contribution in [0.25, 0.3) is 90.2 Å². The van der Waals surface area contributed by atoms with E-state index in [1.54, 1.807) is 0 Å². The maximum atomic E-state index is 5.16. The molecule has 7 aromatic rings. The Bertz CT molecular complexity index is 2440. The molecule has 0 aliphatic carbocycles. The molecule has 3 aromatic heterocycles. The third-order valence-electron chi connectivity index (χ3n) is 8.60. The van der Waals surface area contributed by atoms with E-state index in [4.69, 9.17) is 19.9 Å². The van der Waals surface area contributed by atoms with Gasteiger partial charge in [-0.15, -0.1) is 22.1 Å². The van der Waals surface area contributed by atoms with Crippen LogP contribution in [0.2, 0.25) is 0 Å². The van der Waals surface area contributed by atoms with Crippen molar-refractivity contribution in [2.24, 2.45) is 0 Å². The molecule has 0 radical (unpaired) electrons. The summed E-state index contributed by atoms with van der Waals surface area (Å²) in [7, 11) is 0. The van der Waals surface area contributed by atoms with E-state index in [9.17, 15) is 0 Å². The molecule has 2 aliphatic rings. The second-order valence-electron chi connectivity index (χ2n) is 11.3. The Hall–Kier alpha value is -4.42. The van der Waals surface area contributed by atoms with Crippen LogP contribution in [0.5, 0.6) is 0 Å². The number of nitrogens with zero attached hydrogens (tertiary/aromatic N) is 4. The van der Waals surface area contributed by atoms with Gasteiger partial charge in [0.15, 0.2) is 0 Å². The van der Waals surface area contributed by atoms with Gasteiger partial charge in [-0.3, -0.25) is 0 Å². The van der Waals surface area contributed by atoms with Gasteiger partial charge in [0.2, 0.25) is 0 Å². The summed E-state index contributed by atoms with van der Waals surface area (Å²) in [6.45, 7) is 0. The molecule has 4 nitrogen and oxygen atoms in total. The predicted octanol–water partition coefficient (Wildman–Crippen LogP) is 11.1. The van der Waals surface area contributed by atoms with Crippen LogP contribution in [0.3, 0.4) is 0 Å². The molecule has 0 N–H and O–H groups in total. The zero-order valence-corrected chi connectivity index (χ0v) is 31.1. The van der Waals surface area contributed by atoms with Crippen molar-refractivity contribution < 1.29 is 19.5 Å². The number of hydrogen-bond donors (Lipinski definition) is 0. The Morgan fingerprint density at radius 1 is 0.404 bits per heavy atom. The number of fused-ring (bicyclic) bond motifs is 10. The molecule has 0 saturated heterocycles. The smallest absolute Gasteiger partial charge is 0.656 e.